The van der Waals surface area contributed by atoms with Crippen molar-refractivity contribution in [3.63, 3.8) is 0 Å². The fraction of sp³-hybridized carbons (Fsp3) is 0.300. The Hall–Kier alpha value is -3.51. The minimum atomic E-state index is -1.15. The van der Waals surface area contributed by atoms with Crippen LogP contribution in [0.1, 0.15) is 12.0 Å². The summed E-state index contributed by atoms with van der Waals surface area (Å²) in [6.07, 6.45) is 6.59. The van der Waals surface area contributed by atoms with Gasteiger partial charge >= 0.3 is 12.0 Å². The molecule has 3 aromatic rings. The summed E-state index contributed by atoms with van der Waals surface area (Å²) < 4.78 is 25.9. The molecule has 0 aliphatic carbocycles. The molecule has 0 fully saturated rings. The molecule has 1 aromatic carbocycles. The summed E-state index contributed by atoms with van der Waals surface area (Å²) in [6, 6.07) is 9.23. The van der Waals surface area contributed by atoms with Crippen LogP contribution in [0.25, 0.3) is 11.2 Å². The van der Waals surface area contributed by atoms with Crippen molar-refractivity contribution in [3.8, 4) is 12.3 Å². The lowest BCUT2D eigenvalue weighted by Crippen LogP contribution is -2.37. The van der Waals surface area contributed by atoms with E-state index in [4.69, 9.17) is 21.6 Å². The van der Waals surface area contributed by atoms with Crippen molar-refractivity contribution in [2.45, 2.75) is 25.0 Å². The highest BCUT2D eigenvalue weighted by molar-refractivity contribution is 5.81. The number of imidazole rings is 1. The Bertz CT molecular complexity index is 1050. The smallest absolute Gasteiger partial charge is 0.312 e. The van der Waals surface area contributed by atoms with E-state index in [-0.39, 0.29) is 30.9 Å². The second kappa shape index (κ2) is 8.67. The number of nitrogen functional groups attached to an aromatic ring is 1. The zero-order valence-electron chi connectivity index (χ0n) is 15.8. The minimum Gasteiger partial charge on any atom is -0.461 e. The van der Waals surface area contributed by atoms with Gasteiger partial charge < -0.3 is 19.8 Å². The van der Waals surface area contributed by atoms with Gasteiger partial charge in [0.2, 0.25) is 0 Å². The topological polar surface area (TPSA) is 105 Å². The van der Waals surface area contributed by atoms with Crippen LogP contribution in [0.4, 0.5) is 10.2 Å². The van der Waals surface area contributed by atoms with Crippen LogP contribution in [0.5, 0.6) is 0 Å². The highest BCUT2D eigenvalue weighted by atomic mass is 19.1. The lowest BCUT2D eigenvalue weighted by atomic mass is 10.0. The van der Waals surface area contributed by atoms with Crippen molar-refractivity contribution in [1.82, 2.24) is 19.5 Å². The van der Waals surface area contributed by atoms with Gasteiger partial charge in [-0.3, -0.25) is 4.79 Å². The number of halogens is 1. The number of nitrogens with zero attached hydrogens (tertiary/aromatic N) is 4. The molecule has 2 aromatic heterocycles. The van der Waals surface area contributed by atoms with Crippen LogP contribution < -0.4 is 5.73 Å². The number of benzene rings is 1. The third-order valence-corrected chi connectivity index (χ3v) is 4.53. The number of methoxy groups -OCH3 is 1. The number of carbonyl (C=O) groups is 1. The molecule has 0 bridgehead atoms. The molecule has 0 aliphatic heterocycles. The Morgan fingerprint density at radius 2 is 2.10 bits per heavy atom. The Kier molecular flexibility index (Phi) is 6.04. The molecule has 2 N–H and O–H groups in total. The van der Waals surface area contributed by atoms with E-state index in [0.717, 1.165) is 5.56 Å². The number of anilines is 1. The minimum absolute atomic E-state index is 0.0453. The van der Waals surface area contributed by atoms with Crippen LogP contribution >= 0.6 is 0 Å². The number of hydrogen-bond donors (Lipinski definition) is 1. The van der Waals surface area contributed by atoms with Crippen molar-refractivity contribution in [1.29, 1.82) is 0 Å². The van der Waals surface area contributed by atoms with Gasteiger partial charge in [0.25, 0.3) is 0 Å². The maximum absolute atomic E-state index is 13.5. The van der Waals surface area contributed by atoms with Gasteiger partial charge in [-0.25, -0.2) is 4.98 Å². The molecule has 0 spiro atoms. The Morgan fingerprint density at radius 3 is 2.79 bits per heavy atom. The highest BCUT2D eigenvalue weighted by Gasteiger charge is 2.30. The van der Waals surface area contributed by atoms with Gasteiger partial charge in [0.1, 0.15) is 12.1 Å². The highest BCUT2D eigenvalue weighted by Crippen LogP contribution is 2.20. The summed E-state index contributed by atoms with van der Waals surface area (Å²) in [5.74, 6) is 2.09. The standard InChI is InChI=1S/C20H20FN5O3/c1-3-20(28-2,12-29-15(27)11-14-7-5-4-6-8-14)9-10-26-13-23-16-17(22)24-19(21)25-18(16)26/h1,4-8,13H,9-12H2,2H3,(H2,22,24,25). The summed E-state index contributed by atoms with van der Waals surface area (Å²) in [4.78, 5) is 23.4. The molecule has 2 heterocycles. The molecule has 0 aliphatic rings. The second-order valence-electron chi connectivity index (χ2n) is 6.40. The largest absolute Gasteiger partial charge is 0.461 e. The summed E-state index contributed by atoms with van der Waals surface area (Å²) in [6.45, 7) is 0.171. The first-order chi connectivity index (χ1) is 14.0. The monoisotopic (exact) mass is 397 g/mol. The third-order valence-electron chi connectivity index (χ3n) is 4.53. The van der Waals surface area contributed by atoms with Crippen molar-refractivity contribution in [2.24, 2.45) is 0 Å². The van der Waals surface area contributed by atoms with Crippen molar-refractivity contribution in [3.05, 3.63) is 48.3 Å². The fourth-order valence-electron chi connectivity index (χ4n) is 2.82. The molecule has 0 saturated carbocycles. The summed E-state index contributed by atoms with van der Waals surface area (Å²) >= 11 is 0. The Morgan fingerprint density at radius 1 is 1.34 bits per heavy atom. The molecular formula is C20H20FN5O3. The van der Waals surface area contributed by atoms with E-state index in [2.05, 4.69) is 20.9 Å². The van der Waals surface area contributed by atoms with E-state index in [1.54, 1.807) is 4.57 Å². The van der Waals surface area contributed by atoms with Crippen molar-refractivity contribution in [2.75, 3.05) is 19.5 Å². The zero-order valence-corrected chi connectivity index (χ0v) is 15.8. The predicted molar refractivity (Wildman–Crippen MR) is 104 cm³/mol. The number of rotatable bonds is 8. The van der Waals surface area contributed by atoms with Crippen LogP contribution in [-0.4, -0.2) is 44.8 Å². The van der Waals surface area contributed by atoms with E-state index in [0.29, 0.717) is 12.1 Å². The average molecular weight is 397 g/mol. The number of carbonyl (C=O) groups excluding carboxylic acids is 1. The molecule has 0 radical (unpaired) electrons. The SMILES string of the molecule is C#CC(CCn1cnc2c(N)nc(F)nc21)(COC(=O)Cc1ccccc1)OC. The van der Waals surface area contributed by atoms with E-state index in [9.17, 15) is 9.18 Å². The molecular weight excluding hydrogens is 377 g/mol. The van der Waals surface area contributed by atoms with Crippen LogP contribution in [0.3, 0.4) is 0 Å². The number of ether oxygens (including phenoxy) is 2. The number of aryl methyl sites for hydroxylation is 1. The number of hydrogen-bond acceptors (Lipinski definition) is 7. The maximum atomic E-state index is 13.5. The lowest BCUT2D eigenvalue weighted by Gasteiger charge is -2.26. The Balaban J connectivity index is 1.66. The molecule has 150 valence electrons. The normalized spacial score (nSPS) is 13.0. The second-order valence-corrected chi connectivity index (χ2v) is 6.40. The first kappa shape index (κ1) is 20.2. The molecule has 0 amide bonds. The van der Waals surface area contributed by atoms with E-state index in [1.807, 2.05) is 30.3 Å². The molecule has 1 atom stereocenters. The van der Waals surface area contributed by atoms with E-state index < -0.39 is 17.6 Å². The van der Waals surface area contributed by atoms with Gasteiger partial charge in [-0.2, -0.15) is 14.4 Å². The number of fused-ring (bicyclic) bond motifs is 1. The van der Waals surface area contributed by atoms with Gasteiger partial charge in [-0.15, -0.1) is 6.42 Å². The molecule has 0 saturated heterocycles. The van der Waals surface area contributed by atoms with Gasteiger partial charge in [-0.1, -0.05) is 36.3 Å². The number of nitrogens with two attached hydrogens (primary N) is 1. The van der Waals surface area contributed by atoms with Crippen LogP contribution in [0, 0.1) is 18.4 Å². The maximum Gasteiger partial charge on any atom is 0.312 e. The van der Waals surface area contributed by atoms with E-state index >= 15 is 0 Å². The predicted octanol–water partition coefficient (Wildman–Crippen LogP) is 1.74. The quantitative estimate of drug-likeness (QED) is 0.351. The molecule has 9 heteroatoms. The molecule has 8 nitrogen and oxygen atoms in total. The summed E-state index contributed by atoms with van der Waals surface area (Å²) in [5, 5.41) is 0. The number of esters is 1. The van der Waals surface area contributed by atoms with Crippen LogP contribution in [0.2, 0.25) is 0 Å². The zero-order chi connectivity index (χ0) is 20.9. The van der Waals surface area contributed by atoms with E-state index in [1.165, 1.54) is 13.4 Å². The summed E-state index contributed by atoms with van der Waals surface area (Å²) in [7, 11) is 1.44. The van der Waals surface area contributed by atoms with Gasteiger partial charge in [0.05, 0.1) is 12.7 Å². The van der Waals surface area contributed by atoms with Gasteiger partial charge in [0, 0.05) is 20.1 Å². The number of aromatic nitrogens is 4. The third kappa shape index (κ3) is 4.67. The van der Waals surface area contributed by atoms with Crippen molar-refractivity contribution < 1.29 is 18.7 Å². The Labute approximate surface area is 166 Å². The number of terminal acetylenes is 1. The lowest BCUT2D eigenvalue weighted by molar-refractivity contribution is -0.149. The first-order valence-electron chi connectivity index (χ1n) is 8.82. The molecule has 3 rings (SSSR count). The first-order valence-corrected chi connectivity index (χ1v) is 8.82. The molecule has 29 heavy (non-hydrogen) atoms. The van der Waals surface area contributed by atoms with Gasteiger partial charge in [0.15, 0.2) is 17.1 Å². The summed E-state index contributed by atoms with van der Waals surface area (Å²) in [5.41, 5.74) is 5.90. The van der Waals surface area contributed by atoms with Crippen molar-refractivity contribution >= 4 is 23.0 Å². The average Bonchev–Trinajstić information content (AvgIpc) is 3.13. The van der Waals surface area contributed by atoms with Crippen LogP contribution in [0.15, 0.2) is 36.7 Å². The van der Waals surface area contributed by atoms with Crippen LogP contribution in [-0.2, 0) is 27.2 Å². The van der Waals surface area contributed by atoms with Gasteiger partial charge in [-0.05, 0) is 5.56 Å². The molecule has 1 unspecified atom stereocenters. The fourth-order valence-corrected chi connectivity index (χ4v) is 2.82.